The molecule has 0 saturated carbocycles. The molecule has 2 N–H and O–H groups in total. The standard InChI is InChI=1S/C17H24N2O.ClH/c1-11-3-4-14(7-12(11)2)19-17(20)10-13-8-15-5-6-16(9-13)18-15;/h3-4,7,13,15-16,18H,5-6,8-10H2,1-2H3,(H,19,20);1H. The Balaban J connectivity index is 0.00000161. The minimum atomic E-state index is 0. The summed E-state index contributed by atoms with van der Waals surface area (Å²) in [5, 5.41) is 6.67. The van der Waals surface area contributed by atoms with Crippen LogP contribution in [0.25, 0.3) is 0 Å². The third kappa shape index (κ3) is 3.98. The molecule has 0 aliphatic carbocycles. The van der Waals surface area contributed by atoms with E-state index in [1.54, 1.807) is 0 Å². The summed E-state index contributed by atoms with van der Waals surface area (Å²) in [5.74, 6) is 0.722. The Morgan fingerprint density at radius 1 is 1.19 bits per heavy atom. The zero-order valence-electron chi connectivity index (χ0n) is 12.8. The van der Waals surface area contributed by atoms with Crippen molar-refractivity contribution in [3.8, 4) is 0 Å². The highest BCUT2D eigenvalue weighted by Crippen LogP contribution is 2.32. The number of aryl methyl sites for hydroxylation is 2. The normalized spacial score (nSPS) is 27.0. The van der Waals surface area contributed by atoms with Gasteiger partial charge in [0.1, 0.15) is 0 Å². The van der Waals surface area contributed by atoms with Crippen LogP contribution in [0.5, 0.6) is 0 Å². The number of benzene rings is 1. The molecule has 1 amide bonds. The molecule has 21 heavy (non-hydrogen) atoms. The molecular formula is C17H25ClN2O. The van der Waals surface area contributed by atoms with Gasteiger partial charge in [0, 0.05) is 24.2 Å². The molecule has 2 atom stereocenters. The van der Waals surface area contributed by atoms with E-state index in [0.717, 1.165) is 18.5 Å². The Morgan fingerprint density at radius 3 is 2.48 bits per heavy atom. The lowest BCUT2D eigenvalue weighted by molar-refractivity contribution is -0.117. The molecule has 1 aromatic carbocycles. The van der Waals surface area contributed by atoms with Crippen LogP contribution < -0.4 is 10.6 Å². The smallest absolute Gasteiger partial charge is 0.224 e. The summed E-state index contributed by atoms with van der Waals surface area (Å²) in [4.78, 5) is 12.2. The summed E-state index contributed by atoms with van der Waals surface area (Å²) in [6.45, 7) is 4.17. The molecule has 2 heterocycles. The van der Waals surface area contributed by atoms with Crippen molar-refractivity contribution in [2.24, 2.45) is 5.92 Å². The van der Waals surface area contributed by atoms with Gasteiger partial charge in [0.2, 0.25) is 5.91 Å². The van der Waals surface area contributed by atoms with Gasteiger partial charge in [-0.25, -0.2) is 0 Å². The Morgan fingerprint density at radius 2 is 1.86 bits per heavy atom. The number of amides is 1. The number of nitrogens with one attached hydrogen (secondary N) is 2. The molecular weight excluding hydrogens is 284 g/mol. The van der Waals surface area contributed by atoms with Crippen molar-refractivity contribution in [3.63, 3.8) is 0 Å². The van der Waals surface area contributed by atoms with Crippen LogP contribution in [0.2, 0.25) is 0 Å². The van der Waals surface area contributed by atoms with Gasteiger partial charge in [-0.3, -0.25) is 4.79 Å². The molecule has 1 aromatic rings. The third-order valence-electron chi connectivity index (χ3n) is 4.84. The van der Waals surface area contributed by atoms with Crippen molar-refractivity contribution < 1.29 is 4.79 Å². The molecule has 0 aromatic heterocycles. The van der Waals surface area contributed by atoms with Crippen LogP contribution >= 0.6 is 12.4 Å². The van der Waals surface area contributed by atoms with E-state index in [1.807, 2.05) is 6.07 Å². The molecule has 2 saturated heterocycles. The fraction of sp³-hybridized carbons (Fsp3) is 0.588. The van der Waals surface area contributed by atoms with Gasteiger partial charge in [-0.1, -0.05) is 6.07 Å². The topological polar surface area (TPSA) is 41.1 Å². The molecule has 3 rings (SSSR count). The van der Waals surface area contributed by atoms with Gasteiger partial charge in [-0.2, -0.15) is 0 Å². The molecule has 3 nitrogen and oxygen atoms in total. The van der Waals surface area contributed by atoms with Crippen LogP contribution in [0.4, 0.5) is 5.69 Å². The molecule has 2 bridgehead atoms. The van der Waals surface area contributed by atoms with Crippen LogP contribution in [0, 0.1) is 19.8 Å². The van der Waals surface area contributed by atoms with E-state index in [2.05, 4.69) is 36.6 Å². The number of halogens is 1. The number of rotatable bonds is 3. The Bertz CT molecular complexity index is 506. The second-order valence-electron chi connectivity index (χ2n) is 6.53. The quantitative estimate of drug-likeness (QED) is 0.896. The average molecular weight is 309 g/mol. The first-order valence-electron chi connectivity index (χ1n) is 7.73. The van der Waals surface area contributed by atoms with E-state index in [1.165, 1.54) is 24.0 Å². The van der Waals surface area contributed by atoms with Crippen LogP contribution in [-0.2, 0) is 4.79 Å². The van der Waals surface area contributed by atoms with Crippen LogP contribution in [0.15, 0.2) is 18.2 Å². The monoisotopic (exact) mass is 308 g/mol. The van der Waals surface area contributed by atoms with Crippen LogP contribution in [-0.4, -0.2) is 18.0 Å². The summed E-state index contributed by atoms with van der Waals surface area (Å²) in [7, 11) is 0. The van der Waals surface area contributed by atoms with Crippen molar-refractivity contribution in [2.75, 3.05) is 5.32 Å². The Kier molecular flexibility index (Phi) is 5.28. The second kappa shape index (κ2) is 6.80. The molecule has 116 valence electrons. The fourth-order valence-electron chi connectivity index (χ4n) is 3.64. The number of fused-ring (bicyclic) bond motifs is 2. The Labute approximate surface area is 133 Å². The first-order chi connectivity index (χ1) is 9.60. The highest BCUT2D eigenvalue weighted by atomic mass is 35.5. The van der Waals surface area contributed by atoms with E-state index in [4.69, 9.17) is 0 Å². The van der Waals surface area contributed by atoms with Crippen molar-refractivity contribution in [1.82, 2.24) is 5.32 Å². The number of carbonyl (C=O) groups is 1. The van der Waals surface area contributed by atoms with Gasteiger partial charge < -0.3 is 10.6 Å². The fourth-order valence-corrected chi connectivity index (χ4v) is 3.64. The van der Waals surface area contributed by atoms with Crippen LogP contribution in [0.3, 0.4) is 0 Å². The number of hydrogen-bond donors (Lipinski definition) is 2. The summed E-state index contributed by atoms with van der Waals surface area (Å²) in [5.41, 5.74) is 3.41. The molecule has 0 radical (unpaired) electrons. The predicted octanol–water partition coefficient (Wildman–Crippen LogP) is 3.58. The van der Waals surface area contributed by atoms with Gasteiger partial charge in [-0.05, 0) is 68.7 Å². The third-order valence-corrected chi connectivity index (χ3v) is 4.84. The largest absolute Gasteiger partial charge is 0.326 e. The molecule has 4 heteroatoms. The van der Waals surface area contributed by atoms with E-state index in [9.17, 15) is 4.79 Å². The lowest BCUT2D eigenvalue weighted by atomic mass is 9.89. The Hall–Kier alpha value is -1.06. The summed E-state index contributed by atoms with van der Waals surface area (Å²) >= 11 is 0. The highest BCUT2D eigenvalue weighted by Gasteiger charge is 2.34. The molecule has 0 spiro atoms. The van der Waals surface area contributed by atoms with Crippen molar-refractivity contribution >= 4 is 24.0 Å². The lowest BCUT2D eigenvalue weighted by Gasteiger charge is -2.28. The number of piperidine rings is 1. The van der Waals surface area contributed by atoms with Gasteiger partial charge in [0.15, 0.2) is 0 Å². The van der Waals surface area contributed by atoms with E-state index < -0.39 is 0 Å². The van der Waals surface area contributed by atoms with Gasteiger partial charge in [0.25, 0.3) is 0 Å². The molecule has 2 aliphatic heterocycles. The van der Waals surface area contributed by atoms with Crippen molar-refractivity contribution in [2.45, 2.75) is 58.0 Å². The minimum Gasteiger partial charge on any atom is -0.326 e. The van der Waals surface area contributed by atoms with E-state index >= 15 is 0 Å². The zero-order valence-corrected chi connectivity index (χ0v) is 13.6. The lowest BCUT2D eigenvalue weighted by Crippen LogP contribution is -2.39. The maximum Gasteiger partial charge on any atom is 0.224 e. The number of anilines is 1. The SMILES string of the molecule is Cc1ccc(NC(=O)CC2CC3CCC(C2)N3)cc1C.Cl. The number of hydrogen-bond acceptors (Lipinski definition) is 2. The molecule has 2 aliphatic rings. The maximum atomic E-state index is 12.2. The maximum absolute atomic E-state index is 12.2. The summed E-state index contributed by atoms with van der Waals surface area (Å²) < 4.78 is 0. The zero-order chi connectivity index (χ0) is 14.1. The van der Waals surface area contributed by atoms with Gasteiger partial charge in [-0.15, -0.1) is 12.4 Å². The summed E-state index contributed by atoms with van der Waals surface area (Å²) in [6, 6.07) is 7.43. The first-order valence-corrected chi connectivity index (χ1v) is 7.73. The summed E-state index contributed by atoms with van der Waals surface area (Å²) in [6.07, 6.45) is 5.58. The number of carbonyl (C=O) groups excluding carboxylic acids is 1. The van der Waals surface area contributed by atoms with E-state index in [0.29, 0.717) is 24.4 Å². The molecule has 2 unspecified atom stereocenters. The minimum absolute atomic E-state index is 0. The molecule has 2 fully saturated rings. The first kappa shape index (κ1) is 16.3. The van der Waals surface area contributed by atoms with Gasteiger partial charge >= 0.3 is 0 Å². The van der Waals surface area contributed by atoms with Crippen molar-refractivity contribution in [3.05, 3.63) is 29.3 Å². The van der Waals surface area contributed by atoms with Crippen molar-refractivity contribution in [1.29, 1.82) is 0 Å². The van der Waals surface area contributed by atoms with Gasteiger partial charge in [0.05, 0.1) is 0 Å². The van der Waals surface area contributed by atoms with E-state index in [-0.39, 0.29) is 18.3 Å². The predicted molar refractivity (Wildman–Crippen MR) is 89.1 cm³/mol. The highest BCUT2D eigenvalue weighted by molar-refractivity contribution is 5.91. The average Bonchev–Trinajstić information content (AvgIpc) is 2.73. The van der Waals surface area contributed by atoms with Crippen LogP contribution in [0.1, 0.15) is 43.2 Å². The second-order valence-corrected chi connectivity index (χ2v) is 6.53.